The summed E-state index contributed by atoms with van der Waals surface area (Å²) in [5.41, 5.74) is -0.0862. The van der Waals surface area contributed by atoms with Gasteiger partial charge in [0.2, 0.25) is 0 Å². The SMILES string of the molecule is COCCn1nc(C(=O)N[C@H](C)c2ccc(Cl)s2)ccc1=O. The standard InChI is InChI=1S/C14H16ClN3O3S/c1-9(11-4-5-12(15)22-11)16-14(20)10-3-6-13(19)18(17-10)7-8-21-2/h3-6,9H,7-8H2,1-2H3,(H,16,20)/t9-/m1/s1. The number of aromatic nitrogens is 2. The smallest absolute Gasteiger partial charge is 0.272 e. The summed E-state index contributed by atoms with van der Waals surface area (Å²) < 4.78 is 6.80. The summed E-state index contributed by atoms with van der Waals surface area (Å²) in [4.78, 5) is 24.8. The fourth-order valence-corrected chi connectivity index (χ4v) is 2.87. The molecule has 0 spiro atoms. The number of hydrogen-bond donors (Lipinski definition) is 1. The van der Waals surface area contributed by atoms with Gasteiger partial charge in [-0.2, -0.15) is 5.10 Å². The minimum atomic E-state index is -0.344. The molecule has 0 aliphatic rings. The van der Waals surface area contributed by atoms with E-state index in [9.17, 15) is 9.59 Å². The first-order valence-corrected chi connectivity index (χ1v) is 7.84. The van der Waals surface area contributed by atoms with Crippen molar-refractivity contribution >= 4 is 28.8 Å². The molecule has 0 aromatic carbocycles. The van der Waals surface area contributed by atoms with Crippen LogP contribution in [0.4, 0.5) is 0 Å². The van der Waals surface area contributed by atoms with Crippen LogP contribution < -0.4 is 10.9 Å². The molecule has 0 saturated heterocycles. The fraction of sp³-hybridized carbons (Fsp3) is 0.357. The molecule has 2 aromatic heterocycles. The third-order valence-corrected chi connectivity index (χ3v) is 4.39. The van der Waals surface area contributed by atoms with Crippen LogP contribution in [-0.4, -0.2) is 29.4 Å². The monoisotopic (exact) mass is 341 g/mol. The first-order valence-electron chi connectivity index (χ1n) is 6.64. The highest BCUT2D eigenvalue weighted by atomic mass is 35.5. The minimum Gasteiger partial charge on any atom is -0.383 e. The maximum atomic E-state index is 12.2. The lowest BCUT2D eigenvalue weighted by Gasteiger charge is -2.12. The molecule has 2 heterocycles. The van der Waals surface area contributed by atoms with Gasteiger partial charge in [0.25, 0.3) is 11.5 Å². The molecule has 0 aliphatic heterocycles. The van der Waals surface area contributed by atoms with Gasteiger partial charge in [-0.05, 0) is 25.1 Å². The van der Waals surface area contributed by atoms with Gasteiger partial charge in [0.05, 0.1) is 23.5 Å². The average molecular weight is 342 g/mol. The Bertz CT molecular complexity index is 713. The first-order chi connectivity index (χ1) is 10.5. The third-order valence-electron chi connectivity index (χ3n) is 2.97. The molecule has 118 valence electrons. The number of halogens is 1. The van der Waals surface area contributed by atoms with Crippen LogP contribution in [0.2, 0.25) is 4.34 Å². The van der Waals surface area contributed by atoms with Gasteiger partial charge in [-0.3, -0.25) is 9.59 Å². The fourth-order valence-electron chi connectivity index (χ4n) is 1.81. The van der Waals surface area contributed by atoms with Crippen LogP contribution in [0, 0.1) is 0 Å². The Hall–Kier alpha value is -1.70. The van der Waals surface area contributed by atoms with Crippen molar-refractivity contribution in [1.82, 2.24) is 15.1 Å². The highest BCUT2D eigenvalue weighted by Crippen LogP contribution is 2.26. The Balaban J connectivity index is 2.10. The number of hydrogen-bond acceptors (Lipinski definition) is 5. The molecular weight excluding hydrogens is 326 g/mol. The van der Waals surface area contributed by atoms with Crippen LogP contribution in [0.5, 0.6) is 0 Å². The second-order valence-electron chi connectivity index (χ2n) is 4.61. The number of methoxy groups -OCH3 is 1. The van der Waals surface area contributed by atoms with Crippen molar-refractivity contribution in [1.29, 1.82) is 0 Å². The van der Waals surface area contributed by atoms with Gasteiger partial charge in [0.15, 0.2) is 0 Å². The minimum absolute atomic E-state index is 0.185. The predicted octanol–water partition coefficient (Wildman–Crippen LogP) is 2.10. The number of carbonyl (C=O) groups is 1. The Morgan fingerprint density at radius 2 is 2.23 bits per heavy atom. The van der Waals surface area contributed by atoms with Crippen molar-refractivity contribution in [2.45, 2.75) is 19.5 Å². The Morgan fingerprint density at radius 1 is 1.45 bits per heavy atom. The summed E-state index contributed by atoms with van der Waals surface area (Å²) in [7, 11) is 1.54. The number of amides is 1. The lowest BCUT2D eigenvalue weighted by atomic mass is 10.2. The largest absolute Gasteiger partial charge is 0.383 e. The number of ether oxygens (including phenoxy) is 1. The molecule has 22 heavy (non-hydrogen) atoms. The van der Waals surface area contributed by atoms with E-state index >= 15 is 0 Å². The zero-order valence-corrected chi connectivity index (χ0v) is 13.8. The van der Waals surface area contributed by atoms with Crippen LogP contribution in [-0.2, 0) is 11.3 Å². The van der Waals surface area contributed by atoms with E-state index in [4.69, 9.17) is 16.3 Å². The Kier molecular flexibility index (Phi) is 5.70. The molecule has 0 unspecified atom stereocenters. The summed E-state index contributed by atoms with van der Waals surface area (Å²) in [6, 6.07) is 6.20. The predicted molar refractivity (Wildman–Crippen MR) is 85.6 cm³/mol. The third kappa shape index (κ3) is 4.16. The van der Waals surface area contributed by atoms with Crippen LogP contribution >= 0.6 is 22.9 Å². The van der Waals surface area contributed by atoms with Crippen molar-refractivity contribution in [2.75, 3.05) is 13.7 Å². The van der Waals surface area contributed by atoms with E-state index in [0.717, 1.165) is 4.88 Å². The van der Waals surface area contributed by atoms with E-state index in [-0.39, 0.29) is 23.2 Å². The number of nitrogens with zero attached hydrogens (tertiary/aromatic N) is 2. The number of carbonyl (C=O) groups excluding carboxylic acids is 1. The Morgan fingerprint density at radius 3 is 2.86 bits per heavy atom. The molecule has 1 amide bonds. The van der Waals surface area contributed by atoms with E-state index in [1.165, 1.54) is 35.3 Å². The van der Waals surface area contributed by atoms with Gasteiger partial charge in [-0.15, -0.1) is 11.3 Å². The van der Waals surface area contributed by atoms with E-state index < -0.39 is 0 Å². The summed E-state index contributed by atoms with van der Waals surface area (Å²) in [5.74, 6) is -0.344. The van der Waals surface area contributed by atoms with Gasteiger partial charge in [0, 0.05) is 18.1 Å². The molecule has 0 saturated carbocycles. The molecule has 1 N–H and O–H groups in total. The molecule has 2 rings (SSSR count). The van der Waals surface area contributed by atoms with E-state index in [0.29, 0.717) is 17.5 Å². The Labute approximate surface area is 136 Å². The average Bonchev–Trinajstić information content (AvgIpc) is 2.93. The maximum Gasteiger partial charge on any atom is 0.272 e. The normalized spacial score (nSPS) is 12.1. The summed E-state index contributed by atoms with van der Waals surface area (Å²) in [6.45, 7) is 2.51. The van der Waals surface area contributed by atoms with Crippen LogP contribution in [0.1, 0.15) is 28.3 Å². The van der Waals surface area contributed by atoms with Crippen LogP contribution in [0.15, 0.2) is 29.1 Å². The molecule has 1 atom stereocenters. The number of rotatable bonds is 6. The lowest BCUT2D eigenvalue weighted by molar-refractivity contribution is 0.0931. The second kappa shape index (κ2) is 7.53. The molecule has 0 fully saturated rings. The topological polar surface area (TPSA) is 73.2 Å². The van der Waals surface area contributed by atoms with Crippen molar-refractivity contribution in [2.24, 2.45) is 0 Å². The van der Waals surface area contributed by atoms with Crippen molar-refractivity contribution in [3.63, 3.8) is 0 Å². The lowest BCUT2D eigenvalue weighted by Crippen LogP contribution is -2.31. The van der Waals surface area contributed by atoms with Crippen molar-refractivity contribution in [3.8, 4) is 0 Å². The van der Waals surface area contributed by atoms with Crippen molar-refractivity contribution in [3.05, 3.63) is 49.5 Å². The summed E-state index contributed by atoms with van der Waals surface area (Å²) in [5, 5.41) is 6.88. The molecular formula is C14H16ClN3O3S. The van der Waals surface area contributed by atoms with Gasteiger partial charge < -0.3 is 10.1 Å². The van der Waals surface area contributed by atoms with Gasteiger partial charge in [-0.25, -0.2) is 4.68 Å². The van der Waals surface area contributed by atoms with Crippen LogP contribution in [0.25, 0.3) is 0 Å². The first kappa shape index (κ1) is 16.7. The molecule has 0 aliphatic carbocycles. The van der Waals surface area contributed by atoms with E-state index in [1.807, 2.05) is 13.0 Å². The summed E-state index contributed by atoms with van der Waals surface area (Å²) >= 11 is 7.30. The molecule has 2 aromatic rings. The molecule has 0 radical (unpaired) electrons. The molecule has 6 nitrogen and oxygen atoms in total. The van der Waals surface area contributed by atoms with E-state index in [2.05, 4.69) is 10.4 Å². The van der Waals surface area contributed by atoms with E-state index in [1.54, 1.807) is 6.07 Å². The van der Waals surface area contributed by atoms with Crippen LogP contribution in [0.3, 0.4) is 0 Å². The quantitative estimate of drug-likeness (QED) is 0.873. The number of thiophene rings is 1. The zero-order chi connectivity index (χ0) is 16.1. The molecule has 0 bridgehead atoms. The van der Waals surface area contributed by atoms with Gasteiger partial charge in [-0.1, -0.05) is 11.6 Å². The summed E-state index contributed by atoms with van der Waals surface area (Å²) in [6.07, 6.45) is 0. The highest BCUT2D eigenvalue weighted by Gasteiger charge is 2.15. The van der Waals surface area contributed by atoms with Gasteiger partial charge >= 0.3 is 0 Å². The number of nitrogens with one attached hydrogen (secondary N) is 1. The van der Waals surface area contributed by atoms with Crippen molar-refractivity contribution < 1.29 is 9.53 Å². The zero-order valence-electron chi connectivity index (χ0n) is 12.2. The second-order valence-corrected chi connectivity index (χ2v) is 6.36. The molecule has 8 heteroatoms. The van der Waals surface area contributed by atoms with Gasteiger partial charge in [0.1, 0.15) is 5.69 Å². The maximum absolute atomic E-state index is 12.2. The highest BCUT2D eigenvalue weighted by molar-refractivity contribution is 7.16.